The summed E-state index contributed by atoms with van der Waals surface area (Å²) < 4.78 is 5.12. The molecular weight excluding hydrogens is 374 g/mol. The molecule has 0 bridgehead atoms. The molecule has 4 aromatic rings. The average molecular weight is 395 g/mol. The summed E-state index contributed by atoms with van der Waals surface area (Å²) in [6.07, 6.45) is 1.60. The second-order valence-corrected chi connectivity index (χ2v) is 6.80. The molecule has 0 spiro atoms. The average Bonchev–Trinajstić information content (AvgIpc) is 2.80. The van der Waals surface area contributed by atoms with Crippen LogP contribution in [0.25, 0.3) is 22.3 Å². The Labute approximate surface area is 175 Å². The van der Waals surface area contributed by atoms with Crippen molar-refractivity contribution in [2.24, 2.45) is 4.99 Å². The highest BCUT2D eigenvalue weighted by molar-refractivity contribution is 5.89. The van der Waals surface area contributed by atoms with E-state index in [1.54, 1.807) is 31.5 Å². The Kier molecular flexibility index (Phi) is 5.48. The quantitative estimate of drug-likeness (QED) is 0.396. The molecule has 0 aliphatic rings. The van der Waals surface area contributed by atoms with Gasteiger partial charge in [-0.1, -0.05) is 60.7 Å². The van der Waals surface area contributed by atoms with Crippen molar-refractivity contribution in [3.8, 4) is 39.5 Å². The molecule has 0 aliphatic heterocycles. The predicted molar refractivity (Wildman–Crippen MR) is 121 cm³/mol. The number of phenolic OH excluding ortho intramolecular Hbond substituents is 2. The number of methoxy groups -OCH3 is 1. The first-order chi connectivity index (χ1) is 14.7. The van der Waals surface area contributed by atoms with Crippen LogP contribution in [0.5, 0.6) is 17.2 Å². The van der Waals surface area contributed by atoms with Gasteiger partial charge < -0.3 is 14.9 Å². The highest BCUT2D eigenvalue weighted by Crippen LogP contribution is 2.41. The zero-order chi connectivity index (χ0) is 20.9. The van der Waals surface area contributed by atoms with Crippen LogP contribution in [0, 0.1) is 0 Å². The molecule has 0 unspecified atom stereocenters. The van der Waals surface area contributed by atoms with Crippen molar-refractivity contribution in [3.05, 3.63) is 96.6 Å². The molecule has 4 rings (SSSR count). The highest BCUT2D eigenvalue weighted by Gasteiger charge is 2.13. The lowest BCUT2D eigenvalue weighted by atomic mass is 9.96. The maximum Gasteiger partial charge on any atom is 0.131 e. The van der Waals surface area contributed by atoms with E-state index in [2.05, 4.69) is 4.99 Å². The first-order valence-corrected chi connectivity index (χ1v) is 9.54. The summed E-state index contributed by atoms with van der Waals surface area (Å²) in [5.41, 5.74) is 4.44. The largest absolute Gasteiger partial charge is 0.507 e. The third kappa shape index (κ3) is 4.03. The van der Waals surface area contributed by atoms with Crippen molar-refractivity contribution < 1.29 is 14.9 Å². The third-order valence-corrected chi connectivity index (χ3v) is 4.85. The monoisotopic (exact) mass is 395 g/mol. The molecule has 0 atom stereocenters. The molecule has 0 amide bonds. The van der Waals surface area contributed by atoms with E-state index in [1.807, 2.05) is 72.8 Å². The number of rotatable bonds is 5. The van der Waals surface area contributed by atoms with Crippen LogP contribution < -0.4 is 4.74 Å². The fraction of sp³-hybridized carbons (Fsp3) is 0.0385. The van der Waals surface area contributed by atoms with Gasteiger partial charge in [0.1, 0.15) is 17.2 Å². The Morgan fingerprint density at radius 3 is 1.80 bits per heavy atom. The summed E-state index contributed by atoms with van der Waals surface area (Å²) >= 11 is 0. The molecule has 0 radical (unpaired) electrons. The van der Waals surface area contributed by atoms with E-state index >= 15 is 0 Å². The van der Waals surface area contributed by atoms with Crippen LogP contribution in [0.1, 0.15) is 5.56 Å². The number of hydrogen-bond donors (Lipinski definition) is 2. The first-order valence-electron chi connectivity index (χ1n) is 9.54. The maximum absolute atomic E-state index is 11.0. The van der Waals surface area contributed by atoms with Gasteiger partial charge in [-0.25, -0.2) is 0 Å². The van der Waals surface area contributed by atoms with Crippen molar-refractivity contribution in [3.63, 3.8) is 0 Å². The van der Waals surface area contributed by atoms with Gasteiger partial charge in [-0.05, 0) is 35.4 Å². The number of hydrogen-bond acceptors (Lipinski definition) is 4. The van der Waals surface area contributed by atoms with Crippen LogP contribution in [-0.2, 0) is 0 Å². The molecule has 0 aromatic heterocycles. The summed E-state index contributed by atoms with van der Waals surface area (Å²) in [4.78, 5) is 4.57. The molecule has 148 valence electrons. The molecular formula is C26H21NO3. The first kappa shape index (κ1) is 19.3. The number of benzene rings is 4. The van der Waals surface area contributed by atoms with Crippen molar-refractivity contribution in [1.82, 2.24) is 0 Å². The Morgan fingerprint density at radius 1 is 0.733 bits per heavy atom. The summed E-state index contributed by atoms with van der Waals surface area (Å²) in [6.45, 7) is 0. The molecule has 0 saturated heterocycles. The van der Waals surface area contributed by atoms with E-state index in [1.165, 1.54) is 0 Å². The van der Waals surface area contributed by atoms with Gasteiger partial charge in [-0.2, -0.15) is 0 Å². The van der Waals surface area contributed by atoms with E-state index in [9.17, 15) is 10.2 Å². The molecule has 0 fully saturated rings. The Morgan fingerprint density at radius 2 is 1.30 bits per heavy atom. The lowest BCUT2D eigenvalue weighted by molar-refractivity contribution is 0.407. The fourth-order valence-corrected chi connectivity index (χ4v) is 3.27. The van der Waals surface area contributed by atoms with E-state index in [0.29, 0.717) is 28.1 Å². The van der Waals surface area contributed by atoms with Gasteiger partial charge in [-0.3, -0.25) is 4.99 Å². The van der Waals surface area contributed by atoms with Gasteiger partial charge in [0, 0.05) is 29.0 Å². The maximum atomic E-state index is 11.0. The minimum Gasteiger partial charge on any atom is -0.507 e. The lowest BCUT2D eigenvalue weighted by Gasteiger charge is -2.12. The van der Waals surface area contributed by atoms with Crippen LogP contribution in [0.2, 0.25) is 0 Å². The highest BCUT2D eigenvalue weighted by atomic mass is 16.5. The summed E-state index contributed by atoms with van der Waals surface area (Å²) in [5, 5.41) is 21.2. The van der Waals surface area contributed by atoms with E-state index in [4.69, 9.17) is 4.74 Å². The standard InChI is InChI=1S/C26H21NO3/c1-30-22-13-12-20(25(28)16-22)17-27-21-14-23(18-8-4-2-5-9-18)26(29)24(15-21)19-10-6-3-7-11-19/h2-17,28-29H,1H3. The summed E-state index contributed by atoms with van der Waals surface area (Å²) in [7, 11) is 1.55. The van der Waals surface area contributed by atoms with Gasteiger partial charge in [0.2, 0.25) is 0 Å². The Balaban J connectivity index is 1.82. The van der Waals surface area contributed by atoms with E-state index in [0.717, 1.165) is 11.1 Å². The second kappa shape index (κ2) is 8.53. The minimum absolute atomic E-state index is 0.0865. The molecule has 2 N–H and O–H groups in total. The van der Waals surface area contributed by atoms with Gasteiger partial charge in [-0.15, -0.1) is 0 Å². The smallest absolute Gasteiger partial charge is 0.131 e. The molecule has 0 aliphatic carbocycles. The third-order valence-electron chi connectivity index (χ3n) is 4.85. The van der Waals surface area contributed by atoms with Crippen LogP contribution in [0.15, 0.2) is 96.0 Å². The van der Waals surface area contributed by atoms with E-state index in [-0.39, 0.29) is 11.5 Å². The number of phenols is 2. The zero-order valence-corrected chi connectivity index (χ0v) is 16.5. The number of aliphatic imine (C=N–C) groups is 1. The molecule has 4 nitrogen and oxygen atoms in total. The van der Waals surface area contributed by atoms with Gasteiger partial charge in [0.25, 0.3) is 0 Å². The van der Waals surface area contributed by atoms with Crippen LogP contribution in [0.3, 0.4) is 0 Å². The fourth-order valence-electron chi connectivity index (χ4n) is 3.27. The number of nitrogens with zero attached hydrogens (tertiary/aromatic N) is 1. The molecule has 0 heterocycles. The topological polar surface area (TPSA) is 62.0 Å². The van der Waals surface area contributed by atoms with Gasteiger partial charge >= 0.3 is 0 Å². The van der Waals surface area contributed by atoms with Crippen LogP contribution in [0.4, 0.5) is 5.69 Å². The SMILES string of the molecule is COc1ccc(C=Nc2cc(-c3ccccc3)c(O)c(-c3ccccc3)c2)c(O)c1. The number of aromatic hydroxyl groups is 2. The molecule has 4 aromatic carbocycles. The van der Waals surface area contributed by atoms with Gasteiger partial charge in [0.15, 0.2) is 0 Å². The van der Waals surface area contributed by atoms with Crippen molar-refractivity contribution >= 4 is 11.9 Å². The van der Waals surface area contributed by atoms with Crippen molar-refractivity contribution in [2.75, 3.05) is 7.11 Å². The van der Waals surface area contributed by atoms with Gasteiger partial charge in [0.05, 0.1) is 12.8 Å². The van der Waals surface area contributed by atoms with Crippen LogP contribution >= 0.6 is 0 Å². The molecule has 4 heteroatoms. The normalized spacial score (nSPS) is 11.0. The Bertz CT molecular complexity index is 1130. The van der Waals surface area contributed by atoms with E-state index < -0.39 is 0 Å². The summed E-state index contributed by atoms with van der Waals surface area (Å²) in [5.74, 6) is 0.870. The Hall–Kier alpha value is -4.05. The molecule has 0 saturated carbocycles. The zero-order valence-electron chi connectivity index (χ0n) is 16.5. The summed E-state index contributed by atoms with van der Waals surface area (Å²) in [6, 6.07) is 28.1. The minimum atomic E-state index is 0.0865. The molecule has 30 heavy (non-hydrogen) atoms. The second-order valence-electron chi connectivity index (χ2n) is 6.80. The number of ether oxygens (including phenoxy) is 1. The lowest BCUT2D eigenvalue weighted by Crippen LogP contribution is -1.87. The van der Waals surface area contributed by atoms with Crippen molar-refractivity contribution in [2.45, 2.75) is 0 Å². The predicted octanol–water partition coefficient (Wildman–Crippen LogP) is 6.19. The van der Waals surface area contributed by atoms with Crippen molar-refractivity contribution in [1.29, 1.82) is 0 Å². The van der Waals surface area contributed by atoms with Crippen LogP contribution in [-0.4, -0.2) is 23.5 Å².